The van der Waals surface area contributed by atoms with E-state index in [1.807, 2.05) is 0 Å². The average Bonchev–Trinajstić information content (AvgIpc) is 2.79. The summed E-state index contributed by atoms with van der Waals surface area (Å²) in [6, 6.07) is 1.31. The number of carbonyl (C=O) groups is 5. The molecule has 1 aromatic carbocycles. The van der Waals surface area contributed by atoms with Crippen molar-refractivity contribution in [2.75, 3.05) is 0 Å². The van der Waals surface area contributed by atoms with E-state index in [0.717, 1.165) is 12.1 Å². The molecule has 0 radical (unpaired) electrons. The maximum absolute atomic E-state index is 12.7. The van der Waals surface area contributed by atoms with Crippen molar-refractivity contribution in [3.63, 3.8) is 0 Å². The highest BCUT2D eigenvalue weighted by molar-refractivity contribution is 7.81. The van der Waals surface area contributed by atoms with Crippen molar-refractivity contribution < 1.29 is 55.4 Å². The molecule has 1 unspecified atom stereocenters. The fourth-order valence-electron chi connectivity index (χ4n) is 3.55. The van der Waals surface area contributed by atoms with Crippen molar-refractivity contribution in [1.82, 2.24) is 10.6 Å². The number of rotatable bonds is 16. The van der Waals surface area contributed by atoms with E-state index in [9.17, 15) is 41.4 Å². The number of hydrogen-bond donors (Lipinski definition) is 5. The Balaban J connectivity index is 2.86. The first kappa shape index (κ1) is 34.1. The molecule has 0 aromatic heterocycles. The Morgan fingerprint density at radius 1 is 0.950 bits per heavy atom. The van der Waals surface area contributed by atoms with Gasteiger partial charge in [-0.25, -0.2) is 14.4 Å². The molecule has 224 valence electrons. The molecule has 0 bridgehead atoms. The number of aliphatic carboxylic acids is 2. The number of nitrogens with one attached hydrogen (secondary N) is 2. The van der Waals surface area contributed by atoms with Gasteiger partial charge >= 0.3 is 34.4 Å². The average molecular weight is 592 g/mol. The number of ether oxygens (including phenoxy) is 1. The van der Waals surface area contributed by atoms with Crippen molar-refractivity contribution in [3.8, 4) is 5.75 Å². The molecule has 0 aliphatic heterocycles. The van der Waals surface area contributed by atoms with Gasteiger partial charge in [0.15, 0.2) is 0 Å². The predicted molar refractivity (Wildman–Crippen MR) is 137 cm³/mol. The molecule has 0 saturated carbocycles. The topological polar surface area (TPSA) is 228 Å². The molecule has 0 fully saturated rings. The first-order valence-electron chi connectivity index (χ1n) is 12.2. The fraction of sp³-hybridized carbons (Fsp3) is 0.542. The summed E-state index contributed by atoms with van der Waals surface area (Å²) >= 11 is 0. The van der Waals surface area contributed by atoms with Crippen LogP contribution in [0, 0.1) is 0 Å². The SMILES string of the molecule is CC(C)(C)OC(=O)[C@H](CCCCC(C(N)=O)c1ccc(OS(=O)(=O)F)cc1)NC(=O)N[C@@H](CCC(=O)O)C(=O)O. The summed E-state index contributed by atoms with van der Waals surface area (Å²) in [6.45, 7) is 4.85. The minimum absolute atomic E-state index is 0.0435. The lowest BCUT2D eigenvalue weighted by atomic mass is 9.92. The van der Waals surface area contributed by atoms with Crippen LogP contribution in [-0.2, 0) is 34.4 Å². The monoisotopic (exact) mass is 591 g/mol. The van der Waals surface area contributed by atoms with Crippen molar-refractivity contribution in [1.29, 1.82) is 0 Å². The Bertz CT molecular complexity index is 1170. The second-order valence-electron chi connectivity index (χ2n) is 9.81. The van der Waals surface area contributed by atoms with Gasteiger partial charge in [0.2, 0.25) is 5.91 Å². The van der Waals surface area contributed by atoms with Gasteiger partial charge in [0, 0.05) is 6.42 Å². The summed E-state index contributed by atoms with van der Waals surface area (Å²) in [5.74, 6) is -5.27. The number of primary amides is 1. The zero-order valence-electron chi connectivity index (χ0n) is 22.2. The maximum Gasteiger partial charge on any atom is 0.488 e. The van der Waals surface area contributed by atoms with Crippen LogP contribution in [0.1, 0.15) is 70.8 Å². The summed E-state index contributed by atoms with van der Waals surface area (Å²) in [5, 5.41) is 22.5. The molecule has 40 heavy (non-hydrogen) atoms. The van der Waals surface area contributed by atoms with Crippen LogP contribution >= 0.6 is 0 Å². The molecule has 0 aliphatic carbocycles. The van der Waals surface area contributed by atoms with Crippen LogP contribution in [0.25, 0.3) is 0 Å². The molecule has 6 N–H and O–H groups in total. The molecule has 16 heteroatoms. The van der Waals surface area contributed by atoms with Crippen LogP contribution in [0.15, 0.2) is 24.3 Å². The summed E-state index contributed by atoms with van der Waals surface area (Å²) in [7, 11) is -5.21. The van der Waals surface area contributed by atoms with Crippen LogP contribution in [0.3, 0.4) is 0 Å². The minimum Gasteiger partial charge on any atom is -0.481 e. The van der Waals surface area contributed by atoms with E-state index in [-0.39, 0.29) is 31.4 Å². The van der Waals surface area contributed by atoms with E-state index in [4.69, 9.17) is 15.6 Å². The van der Waals surface area contributed by atoms with Crippen LogP contribution in [0.5, 0.6) is 5.75 Å². The molecule has 1 rings (SSSR count). The minimum atomic E-state index is -5.21. The fourth-order valence-corrected chi connectivity index (χ4v) is 3.89. The Morgan fingerprint density at radius 3 is 1.98 bits per heavy atom. The number of amides is 3. The summed E-state index contributed by atoms with van der Waals surface area (Å²) < 4.78 is 43.4. The normalized spacial score (nSPS) is 13.8. The van der Waals surface area contributed by atoms with Crippen molar-refractivity contribution >= 4 is 40.4 Å². The van der Waals surface area contributed by atoms with Gasteiger partial charge in [-0.05, 0) is 57.7 Å². The van der Waals surface area contributed by atoms with Gasteiger partial charge in [0.25, 0.3) is 0 Å². The lowest BCUT2D eigenvalue weighted by Crippen LogP contribution is -2.52. The first-order chi connectivity index (χ1) is 18.4. The Hall–Kier alpha value is -3.95. The van der Waals surface area contributed by atoms with Crippen molar-refractivity contribution in [3.05, 3.63) is 29.8 Å². The number of carboxylic acid groups (broad SMARTS) is 2. The molecule has 0 aliphatic rings. The second kappa shape index (κ2) is 15.0. The third kappa shape index (κ3) is 13.7. The van der Waals surface area contributed by atoms with E-state index in [2.05, 4.69) is 14.8 Å². The van der Waals surface area contributed by atoms with Crippen LogP contribution in [-0.4, -0.2) is 66.2 Å². The standard InChI is InChI=1S/C24H34FN3O11S/c1-24(2,3)38-22(34)18(28-23(35)27-17(21(32)33)12-13-19(29)30)7-5-4-6-16(20(26)31)14-8-10-15(11-9-14)39-40(25,36)37/h8-11,16-18H,4-7,12-13H2,1-3H3,(H2,26,31)(H,29,30)(H,32,33)(H2,27,28,35)/t16?,17-,18-/m0/s1. The molecule has 3 amide bonds. The maximum atomic E-state index is 12.7. The van der Waals surface area contributed by atoms with Gasteiger partial charge in [-0.15, -0.1) is 0 Å². The highest BCUT2D eigenvalue weighted by Crippen LogP contribution is 2.25. The third-order valence-electron chi connectivity index (χ3n) is 5.30. The van der Waals surface area contributed by atoms with E-state index in [1.54, 1.807) is 20.8 Å². The third-order valence-corrected chi connectivity index (χ3v) is 5.70. The Morgan fingerprint density at radius 2 is 1.50 bits per heavy atom. The molecular formula is C24H34FN3O11S. The quantitative estimate of drug-likeness (QED) is 0.106. The number of carbonyl (C=O) groups excluding carboxylic acids is 3. The lowest BCUT2D eigenvalue weighted by molar-refractivity contribution is -0.157. The molecule has 0 saturated heterocycles. The zero-order chi connectivity index (χ0) is 30.7. The molecule has 0 spiro atoms. The largest absolute Gasteiger partial charge is 0.488 e. The van der Waals surface area contributed by atoms with Gasteiger partial charge in [-0.2, -0.15) is 8.42 Å². The second-order valence-corrected chi connectivity index (χ2v) is 10.8. The highest BCUT2D eigenvalue weighted by Gasteiger charge is 2.29. The van der Waals surface area contributed by atoms with Gasteiger partial charge < -0.3 is 35.5 Å². The molecule has 14 nitrogen and oxygen atoms in total. The number of nitrogens with two attached hydrogens (primary N) is 1. The number of carboxylic acids is 2. The summed E-state index contributed by atoms with van der Waals surface area (Å²) in [4.78, 5) is 59.3. The molecular weight excluding hydrogens is 557 g/mol. The van der Waals surface area contributed by atoms with Crippen LogP contribution in [0.4, 0.5) is 8.68 Å². The van der Waals surface area contributed by atoms with Gasteiger partial charge in [-0.1, -0.05) is 28.9 Å². The summed E-state index contributed by atoms with van der Waals surface area (Å²) in [6.07, 6.45) is 0.00144. The summed E-state index contributed by atoms with van der Waals surface area (Å²) in [5.41, 5.74) is 5.02. The Kier molecular flexibility index (Phi) is 12.8. The van der Waals surface area contributed by atoms with E-state index >= 15 is 0 Å². The van der Waals surface area contributed by atoms with Gasteiger partial charge in [0.05, 0.1) is 5.92 Å². The van der Waals surface area contributed by atoms with Crippen LogP contribution in [0.2, 0.25) is 0 Å². The smallest absolute Gasteiger partial charge is 0.481 e. The van der Waals surface area contributed by atoms with Crippen molar-refractivity contribution in [2.45, 2.75) is 82.9 Å². The van der Waals surface area contributed by atoms with E-state index in [0.29, 0.717) is 12.0 Å². The molecule has 1 aromatic rings. The van der Waals surface area contributed by atoms with Gasteiger partial charge in [0.1, 0.15) is 23.4 Å². The van der Waals surface area contributed by atoms with Gasteiger partial charge in [-0.3, -0.25) is 9.59 Å². The number of esters is 1. The first-order valence-corrected chi connectivity index (χ1v) is 13.5. The zero-order valence-corrected chi connectivity index (χ0v) is 23.0. The Labute approximate surface area is 230 Å². The molecule has 0 heterocycles. The van der Waals surface area contributed by atoms with E-state index < -0.39 is 70.4 Å². The number of unbranched alkanes of at least 4 members (excludes halogenated alkanes) is 1. The number of urea groups is 1. The highest BCUT2D eigenvalue weighted by atomic mass is 32.3. The predicted octanol–water partition coefficient (Wildman–Crippen LogP) is 1.74. The van der Waals surface area contributed by atoms with E-state index in [1.165, 1.54) is 12.1 Å². The number of hydrogen-bond acceptors (Lipinski definition) is 9. The number of benzene rings is 1. The lowest BCUT2D eigenvalue weighted by Gasteiger charge is -2.25. The van der Waals surface area contributed by atoms with Crippen molar-refractivity contribution in [2.24, 2.45) is 5.73 Å². The van der Waals surface area contributed by atoms with Crippen LogP contribution < -0.4 is 20.6 Å². The molecule has 3 atom stereocenters. The number of halogens is 1.